The Hall–Kier alpha value is -2.66. The smallest absolute Gasteiger partial charge is 0.248 e. The summed E-state index contributed by atoms with van der Waals surface area (Å²) in [6.45, 7) is 2.64. The third kappa shape index (κ3) is 6.53. The van der Waals surface area contributed by atoms with Gasteiger partial charge in [-0.25, -0.2) is 0 Å². The van der Waals surface area contributed by atoms with E-state index in [0.29, 0.717) is 18.5 Å². The van der Waals surface area contributed by atoms with Crippen LogP contribution in [0.1, 0.15) is 40.7 Å². The van der Waals surface area contributed by atoms with Crippen molar-refractivity contribution < 1.29 is 9.59 Å². The number of amides is 2. The highest BCUT2D eigenvalue weighted by Crippen LogP contribution is 2.18. The average Bonchev–Trinajstić information content (AvgIpc) is 2.65. The van der Waals surface area contributed by atoms with E-state index >= 15 is 0 Å². The van der Waals surface area contributed by atoms with E-state index in [1.54, 1.807) is 12.1 Å². The number of nitrogens with two attached hydrogens (primary N) is 1. The van der Waals surface area contributed by atoms with E-state index in [-0.39, 0.29) is 17.9 Å². The summed E-state index contributed by atoms with van der Waals surface area (Å²) in [5, 5.41) is 3.06. The van der Waals surface area contributed by atoms with Crippen LogP contribution in [0, 0.1) is 0 Å². The number of hydrogen-bond donors (Lipinski definition) is 2. The fraction of sp³-hybridized carbons (Fsp3) is 0.364. The largest absolute Gasteiger partial charge is 0.366 e. The molecule has 2 unspecified atom stereocenters. The Bertz CT molecular complexity index is 742. The predicted molar refractivity (Wildman–Crippen MR) is 109 cm³/mol. The van der Waals surface area contributed by atoms with Crippen LogP contribution in [0.25, 0.3) is 0 Å². The molecule has 0 aliphatic carbocycles. The first-order valence-corrected chi connectivity index (χ1v) is 9.23. The summed E-state index contributed by atoms with van der Waals surface area (Å²) in [4.78, 5) is 25.6. The van der Waals surface area contributed by atoms with Crippen LogP contribution in [0.5, 0.6) is 0 Å². The van der Waals surface area contributed by atoms with Gasteiger partial charge in [-0.2, -0.15) is 0 Å². The highest BCUT2D eigenvalue weighted by molar-refractivity contribution is 5.92. The number of nitrogens with zero attached hydrogens (tertiary/aromatic N) is 1. The molecule has 0 fully saturated rings. The minimum atomic E-state index is -0.425. The van der Waals surface area contributed by atoms with E-state index in [1.807, 2.05) is 44.4 Å². The third-order valence-corrected chi connectivity index (χ3v) is 4.84. The predicted octanol–water partition coefficient (Wildman–Crippen LogP) is 2.57. The second-order valence-corrected chi connectivity index (χ2v) is 7.20. The molecule has 0 spiro atoms. The van der Waals surface area contributed by atoms with Gasteiger partial charge in [-0.05, 0) is 49.7 Å². The molecule has 3 N–H and O–H groups in total. The van der Waals surface area contributed by atoms with E-state index in [4.69, 9.17) is 5.73 Å². The first-order valence-electron chi connectivity index (χ1n) is 9.23. The van der Waals surface area contributed by atoms with Gasteiger partial charge in [0.2, 0.25) is 11.8 Å². The first-order chi connectivity index (χ1) is 12.9. The second-order valence-electron chi connectivity index (χ2n) is 7.20. The van der Waals surface area contributed by atoms with Crippen molar-refractivity contribution in [3.8, 4) is 0 Å². The quantitative estimate of drug-likeness (QED) is 0.715. The Kier molecular flexibility index (Phi) is 7.55. The van der Waals surface area contributed by atoms with Gasteiger partial charge in [0.1, 0.15) is 0 Å². The number of primary amides is 1. The highest BCUT2D eigenvalue weighted by Gasteiger charge is 2.16. The molecule has 2 aromatic carbocycles. The van der Waals surface area contributed by atoms with Crippen molar-refractivity contribution in [2.24, 2.45) is 5.73 Å². The fourth-order valence-corrected chi connectivity index (χ4v) is 3.00. The van der Waals surface area contributed by atoms with Gasteiger partial charge in [-0.15, -0.1) is 0 Å². The molecule has 0 saturated heterocycles. The maximum Gasteiger partial charge on any atom is 0.248 e. The van der Waals surface area contributed by atoms with Gasteiger partial charge in [0.25, 0.3) is 0 Å². The molecule has 5 heteroatoms. The summed E-state index contributed by atoms with van der Waals surface area (Å²) in [5.41, 5.74) is 8.06. The molecule has 0 radical (unpaired) electrons. The summed E-state index contributed by atoms with van der Waals surface area (Å²) < 4.78 is 0. The van der Waals surface area contributed by atoms with Crippen molar-refractivity contribution in [3.05, 3.63) is 71.3 Å². The van der Waals surface area contributed by atoms with Crippen molar-refractivity contribution in [1.29, 1.82) is 0 Å². The van der Waals surface area contributed by atoms with Crippen LogP contribution in [-0.4, -0.2) is 43.4 Å². The molecule has 2 amide bonds. The van der Waals surface area contributed by atoms with Gasteiger partial charge < -0.3 is 16.0 Å². The molecule has 0 heterocycles. The number of carbonyl (C=O) groups excluding carboxylic acids is 2. The SMILES string of the molecule is CC(CC(=O)NCC(Cc1ccc(C(N)=O)cc1)N(C)C)c1ccccc1. The maximum absolute atomic E-state index is 12.3. The Labute approximate surface area is 161 Å². The molecule has 0 aliphatic rings. The molecule has 2 atom stereocenters. The van der Waals surface area contributed by atoms with Crippen LogP contribution in [0.15, 0.2) is 54.6 Å². The standard InChI is InChI=1S/C22H29N3O2/c1-16(18-7-5-4-6-8-18)13-21(26)24-15-20(25(2)3)14-17-9-11-19(12-10-17)22(23)27/h4-12,16,20H,13-15H2,1-3H3,(H2,23,27)(H,24,26). The third-order valence-electron chi connectivity index (χ3n) is 4.84. The lowest BCUT2D eigenvalue weighted by Crippen LogP contribution is -2.41. The molecule has 5 nitrogen and oxygen atoms in total. The molecule has 2 rings (SSSR count). The van der Waals surface area contributed by atoms with Gasteiger partial charge in [0.15, 0.2) is 0 Å². The normalized spacial score (nSPS) is 13.2. The zero-order valence-electron chi connectivity index (χ0n) is 16.3. The van der Waals surface area contributed by atoms with Gasteiger partial charge in [0, 0.05) is 24.6 Å². The number of likely N-dealkylation sites (N-methyl/N-ethyl adjacent to an activating group) is 1. The van der Waals surface area contributed by atoms with Crippen molar-refractivity contribution in [3.63, 3.8) is 0 Å². The molecule has 2 aromatic rings. The van der Waals surface area contributed by atoms with Gasteiger partial charge in [-0.3, -0.25) is 9.59 Å². The molecule has 0 aromatic heterocycles. The molecular weight excluding hydrogens is 338 g/mol. The lowest BCUT2D eigenvalue weighted by Gasteiger charge is -2.25. The van der Waals surface area contributed by atoms with Crippen molar-refractivity contribution >= 4 is 11.8 Å². The summed E-state index contributed by atoms with van der Waals surface area (Å²) in [6, 6.07) is 17.5. The van der Waals surface area contributed by atoms with Gasteiger partial charge >= 0.3 is 0 Å². The maximum atomic E-state index is 12.3. The second kappa shape index (κ2) is 9.88. The van der Waals surface area contributed by atoms with Gasteiger partial charge in [-0.1, -0.05) is 49.4 Å². The molecule has 0 aliphatic heterocycles. The molecule has 27 heavy (non-hydrogen) atoms. The zero-order valence-corrected chi connectivity index (χ0v) is 16.3. The van der Waals surface area contributed by atoms with E-state index in [9.17, 15) is 9.59 Å². The van der Waals surface area contributed by atoms with E-state index in [0.717, 1.165) is 12.0 Å². The van der Waals surface area contributed by atoms with Crippen molar-refractivity contribution in [1.82, 2.24) is 10.2 Å². The monoisotopic (exact) mass is 367 g/mol. The molecule has 0 saturated carbocycles. The number of carbonyl (C=O) groups is 2. The summed E-state index contributed by atoms with van der Waals surface area (Å²) in [7, 11) is 4.00. The van der Waals surface area contributed by atoms with E-state index in [2.05, 4.69) is 29.3 Å². The van der Waals surface area contributed by atoms with Crippen LogP contribution in [-0.2, 0) is 11.2 Å². The number of rotatable bonds is 9. The zero-order chi connectivity index (χ0) is 19.8. The first kappa shape index (κ1) is 20.6. The molecule has 0 bridgehead atoms. The van der Waals surface area contributed by atoms with Crippen LogP contribution < -0.4 is 11.1 Å². The average molecular weight is 367 g/mol. The van der Waals surface area contributed by atoms with Crippen molar-refractivity contribution in [2.45, 2.75) is 31.7 Å². The minimum Gasteiger partial charge on any atom is -0.366 e. The lowest BCUT2D eigenvalue weighted by atomic mass is 9.97. The molecular formula is C22H29N3O2. The van der Waals surface area contributed by atoms with Crippen LogP contribution >= 0.6 is 0 Å². The van der Waals surface area contributed by atoms with E-state index < -0.39 is 5.91 Å². The number of benzene rings is 2. The summed E-state index contributed by atoms with van der Waals surface area (Å²) in [5.74, 6) is -0.182. The Balaban J connectivity index is 1.88. The Morgan fingerprint density at radius 1 is 1.04 bits per heavy atom. The molecule has 144 valence electrons. The Morgan fingerprint density at radius 3 is 2.22 bits per heavy atom. The summed E-state index contributed by atoms with van der Waals surface area (Å²) in [6.07, 6.45) is 1.25. The van der Waals surface area contributed by atoms with Crippen LogP contribution in [0.3, 0.4) is 0 Å². The fourth-order valence-electron chi connectivity index (χ4n) is 3.00. The van der Waals surface area contributed by atoms with Crippen LogP contribution in [0.2, 0.25) is 0 Å². The van der Waals surface area contributed by atoms with Crippen molar-refractivity contribution in [2.75, 3.05) is 20.6 Å². The highest BCUT2D eigenvalue weighted by atomic mass is 16.1. The van der Waals surface area contributed by atoms with Crippen LogP contribution in [0.4, 0.5) is 0 Å². The van der Waals surface area contributed by atoms with Gasteiger partial charge in [0.05, 0.1) is 0 Å². The van der Waals surface area contributed by atoms with E-state index in [1.165, 1.54) is 5.56 Å². The number of nitrogens with one attached hydrogen (secondary N) is 1. The minimum absolute atomic E-state index is 0.0577. The summed E-state index contributed by atoms with van der Waals surface area (Å²) >= 11 is 0. The number of hydrogen-bond acceptors (Lipinski definition) is 3. The lowest BCUT2D eigenvalue weighted by molar-refractivity contribution is -0.121. The topological polar surface area (TPSA) is 75.4 Å². The Morgan fingerprint density at radius 2 is 1.67 bits per heavy atom.